The molecule has 1 saturated carbocycles. The number of nitrogens with zero attached hydrogens (tertiary/aromatic N) is 2. The number of hydrogen-bond acceptors (Lipinski definition) is 3. The maximum atomic E-state index is 8.47. The van der Waals surface area contributed by atoms with Gasteiger partial charge in [-0.25, -0.2) is 0 Å². The minimum atomic E-state index is 0.297. The van der Waals surface area contributed by atoms with Crippen LogP contribution in [0.15, 0.2) is 5.16 Å². The Morgan fingerprint density at radius 2 is 2.29 bits per heavy atom. The summed E-state index contributed by atoms with van der Waals surface area (Å²) in [5.74, 6) is 1.11. The molecule has 1 aliphatic rings. The molecular formula is C10H21N3O. The molecule has 0 radical (unpaired) electrons. The lowest BCUT2D eigenvalue weighted by molar-refractivity contribution is 0.180. The molecule has 4 heteroatoms. The van der Waals surface area contributed by atoms with Gasteiger partial charge in [0.05, 0.1) is 6.54 Å². The van der Waals surface area contributed by atoms with Crippen molar-refractivity contribution in [3.8, 4) is 0 Å². The smallest absolute Gasteiger partial charge is 0.153 e. The van der Waals surface area contributed by atoms with Gasteiger partial charge in [0.25, 0.3) is 0 Å². The third kappa shape index (κ3) is 3.18. The predicted octanol–water partition coefficient (Wildman–Crippen LogP) is 1.24. The molecule has 2 atom stereocenters. The fourth-order valence-electron chi connectivity index (χ4n) is 2.22. The molecular weight excluding hydrogens is 178 g/mol. The van der Waals surface area contributed by atoms with Crippen LogP contribution in [0.1, 0.15) is 32.6 Å². The van der Waals surface area contributed by atoms with E-state index in [2.05, 4.69) is 17.0 Å². The second-order valence-corrected chi connectivity index (χ2v) is 4.43. The average Bonchev–Trinajstić information content (AvgIpc) is 2.17. The zero-order valence-electron chi connectivity index (χ0n) is 9.11. The normalized spacial score (nSPS) is 29.5. The Bertz CT molecular complexity index is 206. The highest BCUT2D eigenvalue weighted by Crippen LogP contribution is 2.26. The van der Waals surface area contributed by atoms with Crippen LogP contribution in [0.4, 0.5) is 0 Å². The van der Waals surface area contributed by atoms with Gasteiger partial charge in [-0.1, -0.05) is 24.9 Å². The van der Waals surface area contributed by atoms with E-state index in [0.717, 1.165) is 5.92 Å². The highest BCUT2D eigenvalue weighted by atomic mass is 16.4. The van der Waals surface area contributed by atoms with Crippen LogP contribution >= 0.6 is 0 Å². The van der Waals surface area contributed by atoms with Gasteiger partial charge >= 0.3 is 0 Å². The van der Waals surface area contributed by atoms with Crippen molar-refractivity contribution in [3.05, 3.63) is 0 Å². The number of nitrogens with two attached hydrogens (primary N) is 1. The van der Waals surface area contributed by atoms with E-state index in [0.29, 0.717) is 18.4 Å². The number of hydrogen-bond donors (Lipinski definition) is 2. The fourth-order valence-corrected chi connectivity index (χ4v) is 2.22. The molecule has 0 spiro atoms. The maximum Gasteiger partial charge on any atom is 0.153 e. The van der Waals surface area contributed by atoms with E-state index in [1.165, 1.54) is 25.7 Å². The Morgan fingerprint density at radius 1 is 1.57 bits per heavy atom. The lowest BCUT2D eigenvalue weighted by Crippen LogP contribution is -2.40. The van der Waals surface area contributed by atoms with Crippen molar-refractivity contribution in [1.82, 2.24) is 4.90 Å². The van der Waals surface area contributed by atoms with E-state index in [1.54, 1.807) is 0 Å². The zero-order chi connectivity index (χ0) is 10.6. The second kappa shape index (κ2) is 5.20. The van der Waals surface area contributed by atoms with Crippen molar-refractivity contribution in [2.75, 3.05) is 13.6 Å². The Hall–Kier alpha value is -0.770. The van der Waals surface area contributed by atoms with Crippen LogP contribution in [0, 0.1) is 5.92 Å². The summed E-state index contributed by atoms with van der Waals surface area (Å²) in [6, 6.07) is 0.596. The van der Waals surface area contributed by atoms with Crippen LogP contribution in [0.25, 0.3) is 0 Å². The summed E-state index contributed by atoms with van der Waals surface area (Å²) in [7, 11) is 2.04. The topological polar surface area (TPSA) is 61.8 Å². The molecule has 2 unspecified atom stereocenters. The molecule has 1 rings (SSSR count). The molecule has 14 heavy (non-hydrogen) atoms. The van der Waals surface area contributed by atoms with Crippen LogP contribution in [0.2, 0.25) is 0 Å². The molecule has 0 bridgehead atoms. The number of likely N-dealkylation sites (N-methyl/N-ethyl adjacent to an activating group) is 1. The number of oxime groups is 1. The summed E-state index contributed by atoms with van der Waals surface area (Å²) in [5, 5.41) is 11.5. The molecule has 3 N–H and O–H groups in total. The Labute approximate surface area is 85.8 Å². The molecule has 0 aromatic heterocycles. The third-order valence-corrected chi connectivity index (χ3v) is 3.07. The zero-order valence-corrected chi connectivity index (χ0v) is 9.11. The van der Waals surface area contributed by atoms with Crippen molar-refractivity contribution in [3.63, 3.8) is 0 Å². The summed E-state index contributed by atoms with van der Waals surface area (Å²) in [4.78, 5) is 2.19. The maximum absolute atomic E-state index is 8.47. The van der Waals surface area contributed by atoms with Crippen LogP contribution in [0.5, 0.6) is 0 Å². The van der Waals surface area contributed by atoms with Gasteiger partial charge in [-0.15, -0.1) is 0 Å². The highest BCUT2D eigenvalue weighted by molar-refractivity contribution is 5.81. The first-order valence-corrected chi connectivity index (χ1v) is 5.30. The fraction of sp³-hybridized carbons (Fsp3) is 0.900. The second-order valence-electron chi connectivity index (χ2n) is 4.43. The van der Waals surface area contributed by atoms with Crippen LogP contribution in [-0.4, -0.2) is 35.6 Å². The van der Waals surface area contributed by atoms with Crippen molar-refractivity contribution in [2.24, 2.45) is 16.8 Å². The van der Waals surface area contributed by atoms with Gasteiger partial charge in [0, 0.05) is 6.04 Å². The van der Waals surface area contributed by atoms with Gasteiger partial charge in [-0.05, 0) is 25.8 Å². The minimum Gasteiger partial charge on any atom is -0.409 e. The molecule has 0 aliphatic heterocycles. The Balaban J connectivity index is 2.39. The van der Waals surface area contributed by atoms with Gasteiger partial charge < -0.3 is 10.9 Å². The molecule has 4 nitrogen and oxygen atoms in total. The van der Waals surface area contributed by atoms with Gasteiger partial charge in [-0.3, -0.25) is 4.90 Å². The van der Waals surface area contributed by atoms with E-state index in [4.69, 9.17) is 10.9 Å². The monoisotopic (exact) mass is 199 g/mol. The number of amidine groups is 1. The summed E-state index contributed by atoms with van der Waals surface area (Å²) in [5.41, 5.74) is 5.47. The highest BCUT2D eigenvalue weighted by Gasteiger charge is 2.22. The van der Waals surface area contributed by atoms with E-state index in [9.17, 15) is 0 Å². The van der Waals surface area contributed by atoms with E-state index < -0.39 is 0 Å². The van der Waals surface area contributed by atoms with Gasteiger partial charge in [0.1, 0.15) is 0 Å². The molecule has 1 aliphatic carbocycles. The largest absolute Gasteiger partial charge is 0.409 e. The summed E-state index contributed by atoms with van der Waals surface area (Å²) < 4.78 is 0. The minimum absolute atomic E-state index is 0.297. The van der Waals surface area contributed by atoms with E-state index >= 15 is 0 Å². The Kier molecular flexibility index (Phi) is 4.20. The first-order valence-electron chi connectivity index (χ1n) is 5.30. The van der Waals surface area contributed by atoms with E-state index in [1.807, 2.05) is 7.05 Å². The molecule has 0 saturated heterocycles. The standard InChI is InChI=1S/C10H21N3O/c1-8-4-3-5-9(6-8)13(2)7-10(11)12-14/h8-9,14H,3-7H2,1-2H3,(H2,11,12). The van der Waals surface area contributed by atoms with Gasteiger partial charge in [-0.2, -0.15) is 0 Å². The molecule has 0 amide bonds. The van der Waals surface area contributed by atoms with Crippen molar-refractivity contribution >= 4 is 5.84 Å². The molecule has 0 heterocycles. The summed E-state index contributed by atoms with van der Waals surface area (Å²) in [6.07, 6.45) is 5.11. The van der Waals surface area contributed by atoms with Gasteiger partial charge in [0.2, 0.25) is 0 Å². The van der Waals surface area contributed by atoms with Crippen LogP contribution < -0.4 is 5.73 Å². The first kappa shape index (κ1) is 11.3. The molecule has 82 valence electrons. The van der Waals surface area contributed by atoms with Crippen LogP contribution in [-0.2, 0) is 0 Å². The lowest BCUT2D eigenvalue weighted by Gasteiger charge is -2.33. The first-order chi connectivity index (χ1) is 6.63. The van der Waals surface area contributed by atoms with Crippen molar-refractivity contribution in [1.29, 1.82) is 0 Å². The molecule has 0 aromatic rings. The molecule has 0 aromatic carbocycles. The molecule has 1 fully saturated rings. The lowest BCUT2D eigenvalue weighted by atomic mass is 9.86. The quantitative estimate of drug-likeness (QED) is 0.311. The van der Waals surface area contributed by atoms with Gasteiger partial charge in [0.15, 0.2) is 5.84 Å². The van der Waals surface area contributed by atoms with E-state index in [-0.39, 0.29) is 0 Å². The van der Waals surface area contributed by atoms with Crippen LogP contribution in [0.3, 0.4) is 0 Å². The summed E-state index contributed by atoms with van der Waals surface area (Å²) >= 11 is 0. The summed E-state index contributed by atoms with van der Waals surface area (Å²) in [6.45, 7) is 2.86. The SMILES string of the molecule is CC1CCCC(N(C)CC(N)=NO)C1. The third-order valence-electron chi connectivity index (χ3n) is 3.07. The average molecular weight is 199 g/mol. The number of rotatable bonds is 3. The Morgan fingerprint density at radius 3 is 2.86 bits per heavy atom. The van der Waals surface area contributed by atoms with Crippen molar-refractivity contribution in [2.45, 2.75) is 38.6 Å². The van der Waals surface area contributed by atoms with Crippen molar-refractivity contribution < 1.29 is 5.21 Å². The predicted molar refractivity (Wildman–Crippen MR) is 57.5 cm³/mol.